The molecule has 0 radical (unpaired) electrons. The van der Waals surface area contributed by atoms with Crippen LogP contribution in [-0.2, 0) is 0 Å². The van der Waals surface area contributed by atoms with Crippen molar-refractivity contribution in [1.29, 1.82) is 5.41 Å². The molecule has 72 valence electrons. The Bertz CT molecular complexity index is 270. The van der Waals surface area contributed by atoms with Gasteiger partial charge in [0.25, 0.3) is 0 Å². The molecule has 2 heteroatoms. The second-order valence-corrected chi connectivity index (χ2v) is 3.02. The molecule has 0 unspecified atom stereocenters. The van der Waals surface area contributed by atoms with E-state index in [9.17, 15) is 0 Å². The predicted molar refractivity (Wildman–Crippen MR) is 59.9 cm³/mol. The fourth-order valence-corrected chi connectivity index (χ4v) is 1.11. The highest BCUT2D eigenvalue weighted by Crippen LogP contribution is 2.04. The van der Waals surface area contributed by atoms with Gasteiger partial charge in [0.15, 0.2) is 0 Å². The van der Waals surface area contributed by atoms with Gasteiger partial charge in [0.05, 0.1) is 11.4 Å². The Morgan fingerprint density at radius 3 is 2.31 bits per heavy atom. The number of hydrogen-bond donors (Lipinski definition) is 1. The predicted octanol–water partition coefficient (Wildman–Crippen LogP) is 3.01. The molecule has 0 heterocycles. The van der Waals surface area contributed by atoms with Crippen molar-refractivity contribution in [2.45, 2.75) is 27.2 Å². The second-order valence-electron chi connectivity index (χ2n) is 3.02. The zero-order valence-corrected chi connectivity index (χ0v) is 8.94. The van der Waals surface area contributed by atoms with Crippen LogP contribution in [0.4, 0.5) is 0 Å². The molecule has 0 aliphatic carbocycles. The highest BCUT2D eigenvalue weighted by atomic mass is 14.7. The van der Waals surface area contributed by atoms with Gasteiger partial charge in [-0.3, -0.25) is 10.4 Å². The molecule has 0 saturated heterocycles. The minimum atomic E-state index is 0.483. The third-order valence-corrected chi connectivity index (χ3v) is 1.77. The maximum atomic E-state index is 7.83. The molecule has 0 bridgehead atoms. The van der Waals surface area contributed by atoms with Gasteiger partial charge in [0.1, 0.15) is 0 Å². The van der Waals surface area contributed by atoms with Crippen LogP contribution in [0.3, 0.4) is 0 Å². The van der Waals surface area contributed by atoms with Crippen molar-refractivity contribution in [2.24, 2.45) is 4.99 Å². The SMILES string of the molecule is C=C(C)/C(=N/C)C(=N)/C(C)=C\CC. The van der Waals surface area contributed by atoms with Crippen LogP contribution in [0.15, 0.2) is 28.8 Å². The molecule has 0 atom stereocenters. The third kappa shape index (κ3) is 3.36. The number of nitrogens with zero attached hydrogens (tertiary/aromatic N) is 1. The molecular formula is C11H18N2. The summed E-state index contributed by atoms with van der Waals surface area (Å²) in [5, 5.41) is 7.83. The van der Waals surface area contributed by atoms with Crippen LogP contribution < -0.4 is 0 Å². The topological polar surface area (TPSA) is 36.2 Å². The summed E-state index contributed by atoms with van der Waals surface area (Å²) in [7, 11) is 1.69. The largest absolute Gasteiger partial charge is 0.298 e. The van der Waals surface area contributed by atoms with E-state index in [-0.39, 0.29) is 0 Å². The summed E-state index contributed by atoms with van der Waals surface area (Å²) in [4.78, 5) is 4.04. The smallest absolute Gasteiger partial charge is 0.0845 e. The maximum absolute atomic E-state index is 7.83. The molecule has 0 aromatic heterocycles. The molecule has 1 N–H and O–H groups in total. The lowest BCUT2D eigenvalue weighted by molar-refractivity contribution is 1.20. The summed E-state index contributed by atoms with van der Waals surface area (Å²) in [5.41, 5.74) is 2.99. The van der Waals surface area contributed by atoms with Gasteiger partial charge in [0, 0.05) is 7.05 Å². The first-order valence-corrected chi connectivity index (χ1v) is 4.43. The van der Waals surface area contributed by atoms with Crippen molar-refractivity contribution in [1.82, 2.24) is 0 Å². The van der Waals surface area contributed by atoms with E-state index < -0.39 is 0 Å². The minimum absolute atomic E-state index is 0.483. The highest BCUT2D eigenvalue weighted by molar-refractivity contribution is 6.52. The quantitative estimate of drug-likeness (QED) is 0.642. The van der Waals surface area contributed by atoms with E-state index in [4.69, 9.17) is 5.41 Å². The Hall–Kier alpha value is -1.18. The number of nitrogens with one attached hydrogen (secondary N) is 1. The molecule has 0 aromatic rings. The van der Waals surface area contributed by atoms with Crippen LogP contribution in [-0.4, -0.2) is 18.5 Å². The van der Waals surface area contributed by atoms with E-state index >= 15 is 0 Å². The summed E-state index contributed by atoms with van der Waals surface area (Å²) in [6.45, 7) is 9.65. The van der Waals surface area contributed by atoms with Crippen LogP contribution in [0.1, 0.15) is 27.2 Å². The maximum Gasteiger partial charge on any atom is 0.0845 e. The molecule has 0 rings (SSSR count). The zero-order valence-electron chi connectivity index (χ0n) is 8.94. The molecule has 0 spiro atoms. The summed E-state index contributed by atoms with van der Waals surface area (Å²) in [6.07, 6.45) is 2.97. The van der Waals surface area contributed by atoms with Gasteiger partial charge >= 0.3 is 0 Å². The van der Waals surface area contributed by atoms with E-state index in [0.29, 0.717) is 11.4 Å². The van der Waals surface area contributed by atoms with Crippen molar-refractivity contribution in [3.8, 4) is 0 Å². The molecule has 0 aromatic carbocycles. The summed E-state index contributed by atoms with van der Waals surface area (Å²) >= 11 is 0. The second kappa shape index (κ2) is 5.46. The van der Waals surface area contributed by atoms with Crippen LogP contribution in [0.5, 0.6) is 0 Å². The summed E-state index contributed by atoms with van der Waals surface area (Å²) < 4.78 is 0. The van der Waals surface area contributed by atoms with Crippen molar-refractivity contribution in [3.05, 3.63) is 23.8 Å². The first-order valence-electron chi connectivity index (χ1n) is 4.43. The van der Waals surface area contributed by atoms with Gasteiger partial charge in [-0.25, -0.2) is 0 Å². The summed E-state index contributed by atoms with van der Waals surface area (Å²) in [5.74, 6) is 0. The Morgan fingerprint density at radius 1 is 1.46 bits per heavy atom. The van der Waals surface area contributed by atoms with Crippen molar-refractivity contribution >= 4 is 11.4 Å². The lowest BCUT2D eigenvalue weighted by Crippen LogP contribution is -2.15. The van der Waals surface area contributed by atoms with Gasteiger partial charge in [-0.05, 0) is 31.4 Å². The van der Waals surface area contributed by atoms with Crippen LogP contribution in [0.2, 0.25) is 0 Å². The lowest BCUT2D eigenvalue weighted by atomic mass is 10.0. The molecule has 13 heavy (non-hydrogen) atoms. The fourth-order valence-electron chi connectivity index (χ4n) is 1.11. The van der Waals surface area contributed by atoms with Crippen LogP contribution in [0, 0.1) is 5.41 Å². The Labute approximate surface area is 80.6 Å². The molecular weight excluding hydrogens is 160 g/mol. The van der Waals surface area contributed by atoms with Gasteiger partial charge in [0.2, 0.25) is 0 Å². The fraction of sp³-hybridized carbons (Fsp3) is 0.455. The Morgan fingerprint density at radius 2 is 2.00 bits per heavy atom. The van der Waals surface area contributed by atoms with Gasteiger partial charge in [-0.15, -0.1) is 0 Å². The third-order valence-electron chi connectivity index (χ3n) is 1.77. The zero-order chi connectivity index (χ0) is 10.4. The van der Waals surface area contributed by atoms with Gasteiger partial charge in [-0.1, -0.05) is 19.6 Å². The molecule has 2 nitrogen and oxygen atoms in total. The first kappa shape index (κ1) is 11.8. The molecule has 0 fully saturated rings. The minimum Gasteiger partial charge on any atom is -0.298 e. The van der Waals surface area contributed by atoms with E-state index in [1.165, 1.54) is 0 Å². The molecule has 0 aliphatic rings. The van der Waals surface area contributed by atoms with Crippen LogP contribution in [0.25, 0.3) is 0 Å². The van der Waals surface area contributed by atoms with Crippen LogP contribution >= 0.6 is 0 Å². The average molecular weight is 178 g/mol. The molecule has 0 saturated carbocycles. The number of hydrogen-bond acceptors (Lipinski definition) is 2. The number of allylic oxidation sites excluding steroid dienone is 3. The Kier molecular flexibility index (Phi) is 4.97. The summed E-state index contributed by atoms with van der Waals surface area (Å²) in [6, 6.07) is 0. The average Bonchev–Trinajstić information content (AvgIpc) is 2.05. The lowest BCUT2D eigenvalue weighted by Gasteiger charge is -2.06. The first-order chi connectivity index (χ1) is 6.04. The van der Waals surface area contributed by atoms with Gasteiger partial charge < -0.3 is 0 Å². The monoisotopic (exact) mass is 178 g/mol. The van der Waals surface area contributed by atoms with E-state index in [0.717, 1.165) is 17.6 Å². The highest BCUT2D eigenvalue weighted by Gasteiger charge is 2.07. The van der Waals surface area contributed by atoms with Crippen molar-refractivity contribution in [2.75, 3.05) is 7.05 Å². The number of aliphatic imine (C=N–C) groups is 1. The van der Waals surface area contributed by atoms with E-state index in [1.54, 1.807) is 7.05 Å². The van der Waals surface area contributed by atoms with Gasteiger partial charge in [-0.2, -0.15) is 0 Å². The normalized spacial score (nSPS) is 12.9. The Balaban J connectivity index is 4.78. The van der Waals surface area contributed by atoms with Crippen molar-refractivity contribution < 1.29 is 0 Å². The standard InChI is InChI=1S/C11H18N2/c1-6-7-9(4)10(12)11(13-5)8(2)3/h7,12H,2,6H2,1,3-5H3/b9-7-,12-10?,13-11-. The molecule has 0 aliphatic heterocycles. The number of rotatable bonds is 4. The van der Waals surface area contributed by atoms with E-state index in [2.05, 4.69) is 18.5 Å². The van der Waals surface area contributed by atoms with Crippen molar-refractivity contribution in [3.63, 3.8) is 0 Å². The van der Waals surface area contributed by atoms with E-state index in [1.807, 2.05) is 19.9 Å². The molecule has 0 amide bonds.